The predicted molar refractivity (Wildman–Crippen MR) is 79.0 cm³/mol. The maximum atomic E-state index is 10.5. The first kappa shape index (κ1) is 16.4. The summed E-state index contributed by atoms with van der Waals surface area (Å²) in [5, 5.41) is 12.9. The number of quaternary nitrogens is 1. The lowest BCUT2D eigenvalue weighted by atomic mass is 10.2. The van der Waals surface area contributed by atoms with E-state index in [-0.39, 0.29) is 5.69 Å². The van der Waals surface area contributed by atoms with Gasteiger partial charge in [0.2, 0.25) is 0 Å². The Labute approximate surface area is 120 Å². The SMILES string of the molecule is CCCC[NH2+]CCCCCOc1ccc([N+](=O)[O-])cc1. The average molecular weight is 281 g/mol. The maximum absolute atomic E-state index is 10.5. The van der Waals surface area contributed by atoms with Gasteiger partial charge in [-0.3, -0.25) is 10.1 Å². The highest BCUT2D eigenvalue weighted by Gasteiger charge is 2.03. The van der Waals surface area contributed by atoms with Crippen LogP contribution in [-0.4, -0.2) is 24.6 Å². The fourth-order valence-corrected chi connectivity index (χ4v) is 1.91. The molecule has 2 N–H and O–H groups in total. The van der Waals surface area contributed by atoms with Crippen molar-refractivity contribution in [2.75, 3.05) is 19.7 Å². The summed E-state index contributed by atoms with van der Waals surface area (Å²) >= 11 is 0. The highest BCUT2D eigenvalue weighted by atomic mass is 16.6. The molecule has 0 aliphatic rings. The third kappa shape index (κ3) is 7.09. The Morgan fingerprint density at radius 1 is 1.10 bits per heavy atom. The highest BCUT2D eigenvalue weighted by Crippen LogP contribution is 2.17. The zero-order chi connectivity index (χ0) is 14.6. The third-order valence-corrected chi connectivity index (χ3v) is 3.13. The van der Waals surface area contributed by atoms with E-state index in [2.05, 4.69) is 12.2 Å². The van der Waals surface area contributed by atoms with Crippen LogP contribution in [0.5, 0.6) is 5.75 Å². The summed E-state index contributed by atoms with van der Waals surface area (Å²) in [6, 6.07) is 6.24. The van der Waals surface area contributed by atoms with Gasteiger partial charge in [-0.2, -0.15) is 0 Å². The van der Waals surface area contributed by atoms with Gasteiger partial charge in [-0.15, -0.1) is 0 Å². The van der Waals surface area contributed by atoms with Crippen molar-refractivity contribution >= 4 is 5.69 Å². The molecule has 0 aliphatic carbocycles. The molecule has 0 saturated carbocycles. The molecule has 0 aromatic heterocycles. The van der Waals surface area contributed by atoms with Crippen LogP contribution in [0, 0.1) is 10.1 Å². The third-order valence-electron chi connectivity index (χ3n) is 3.13. The molecule has 0 heterocycles. The quantitative estimate of drug-likeness (QED) is 0.385. The summed E-state index contributed by atoms with van der Waals surface area (Å²) in [4.78, 5) is 10.1. The molecular weight excluding hydrogens is 256 g/mol. The predicted octanol–water partition coefficient (Wildman–Crippen LogP) is 2.51. The molecule has 1 aromatic rings. The minimum absolute atomic E-state index is 0.0972. The first-order valence-electron chi connectivity index (χ1n) is 7.43. The van der Waals surface area contributed by atoms with Crippen molar-refractivity contribution < 1.29 is 15.0 Å². The molecule has 0 atom stereocenters. The summed E-state index contributed by atoms with van der Waals surface area (Å²) in [6.07, 6.45) is 5.96. The van der Waals surface area contributed by atoms with E-state index in [1.807, 2.05) is 0 Å². The van der Waals surface area contributed by atoms with Crippen LogP contribution in [0.1, 0.15) is 39.0 Å². The Kier molecular flexibility index (Phi) is 8.38. The highest BCUT2D eigenvalue weighted by molar-refractivity contribution is 5.35. The maximum Gasteiger partial charge on any atom is 0.269 e. The van der Waals surface area contributed by atoms with Crippen molar-refractivity contribution in [1.29, 1.82) is 0 Å². The fraction of sp³-hybridized carbons (Fsp3) is 0.600. The van der Waals surface area contributed by atoms with E-state index >= 15 is 0 Å². The Morgan fingerprint density at radius 2 is 1.80 bits per heavy atom. The first-order valence-corrected chi connectivity index (χ1v) is 7.43. The number of nitrogens with zero attached hydrogens (tertiary/aromatic N) is 1. The van der Waals surface area contributed by atoms with Gasteiger partial charge in [0.1, 0.15) is 5.75 Å². The van der Waals surface area contributed by atoms with Crippen molar-refractivity contribution in [3.63, 3.8) is 0 Å². The summed E-state index contributed by atoms with van der Waals surface area (Å²) in [7, 11) is 0. The minimum atomic E-state index is -0.404. The summed E-state index contributed by atoms with van der Waals surface area (Å²) < 4.78 is 5.55. The summed E-state index contributed by atoms with van der Waals surface area (Å²) in [5.41, 5.74) is 0.0972. The van der Waals surface area contributed by atoms with Gasteiger partial charge in [-0.1, -0.05) is 13.3 Å². The molecular formula is C15H25N2O3+. The summed E-state index contributed by atoms with van der Waals surface area (Å²) in [6.45, 7) is 5.31. The van der Waals surface area contributed by atoms with Crippen molar-refractivity contribution in [2.24, 2.45) is 0 Å². The van der Waals surface area contributed by atoms with E-state index < -0.39 is 4.92 Å². The van der Waals surface area contributed by atoms with E-state index in [0.29, 0.717) is 12.4 Å². The van der Waals surface area contributed by atoms with Crippen molar-refractivity contribution in [1.82, 2.24) is 0 Å². The average Bonchev–Trinajstić information content (AvgIpc) is 2.46. The van der Waals surface area contributed by atoms with Crippen LogP contribution in [0.3, 0.4) is 0 Å². The Hall–Kier alpha value is -1.62. The van der Waals surface area contributed by atoms with Crippen LogP contribution in [0.15, 0.2) is 24.3 Å². The molecule has 112 valence electrons. The van der Waals surface area contributed by atoms with Gasteiger partial charge in [0.05, 0.1) is 24.6 Å². The number of nitro groups is 1. The lowest BCUT2D eigenvalue weighted by Gasteiger charge is -2.05. The lowest BCUT2D eigenvalue weighted by molar-refractivity contribution is -0.655. The van der Waals surface area contributed by atoms with E-state index in [9.17, 15) is 10.1 Å². The number of hydrogen-bond donors (Lipinski definition) is 1. The molecule has 1 aromatic carbocycles. The van der Waals surface area contributed by atoms with Crippen molar-refractivity contribution in [3.8, 4) is 5.75 Å². The normalized spacial score (nSPS) is 10.4. The molecule has 1 rings (SSSR count). The molecule has 5 heteroatoms. The van der Waals surface area contributed by atoms with Gasteiger partial charge in [0.25, 0.3) is 5.69 Å². The van der Waals surface area contributed by atoms with Crippen LogP contribution < -0.4 is 10.1 Å². The Morgan fingerprint density at radius 3 is 2.45 bits per heavy atom. The van der Waals surface area contributed by atoms with E-state index in [1.54, 1.807) is 12.1 Å². The number of nitro benzene ring substituents is 1. The largest absolute Gasteiger partial charge is 0.494 e. The van der Waals surface area contributed by atoms with E-state index in [4.69, 9.17) is 4.74 Å². The number of rotatable bonds is 11. The van der Waals surface area contributed by atoms with Crippen LogP contribution in [0.25, 0.3) is 0 Å². The smallest absolute Gasteiger partial charge is 0.269 e. The molecule has 0 fully saturated rings. The fourth-order valence-electron chi connectivity index (χ4n) is 1.91. The van der Waals surface area contributed by atoms with Crippen LogP contribution in [0.2, 0.25) is 0 Å². The molecule has 0 unspecified atom stereocenters. The number of nitrogens with two attached hydrogens (primary N) is 1. The number of unbranched alkanes of at least 4 members (excludes halogenated alkanes) is 3. The van der Waals surface area contributed by atoms with Crippen LogP contribution >= 0.6 is 0 Å². The topological polar surface area (TPSA) is 69.0 Å². The van der Waals surface area contributed by atoms with Gasteiger partial charge < -0.3 is 10.1 Å². The zero-order valence-corrected chi connectivity index (χ0v) is 12.2. The second kappa shape index (κ2) is 10.2. The van der Waals surface area contributed by atoms with Gasteiger partial charge in [-0.25, -0.2) is 0 Å². The minimum Gasteiger partial charge on any atom is -0.494 e. The molecule has 5 nitrogen and oxygen atoms in total. The van der Waals surface area contributed by atoms with Gasteiger partial charge in [-0.05, 0) is 37.8 Å². The second-order valence-corrected chi connectivity index (χ2v) is 4.88. The molecule has 0 amide bonds. The summed E-state index contributed by atoms with van der Waals surface area (Å²) in [5.74, 6) is 0.699. The number of benzene rings is 1. The standard InChI is InChI=1S/C15H24N2O3/c1-2-3-11-16-12-5-4-6-13-20-15-9-7-14(8-10-15)17(18)19/h7-10,16H,2-6,11-13H2,1H3/p+1. The van der Waals surface area contributed by atoms with Gasteiger partial charge >= 0.3 is 0 Å². The number of ether oxygens (including phenoxy) is 1. The van der Waals surface area contributed by atoms with E-state index in [1.165, 1.54) is 44.5 Å². The molecule has 0 spiro atoms. The van der Waals surface area contributed by atoms with Crippen molar-refractivity contribution in [2.45, 2.75) is 39.0 Å². The monoisotopic (exact) mass is 281 g/mol. The number of non-ortho nitro benzene ring substituents is 1. The van der Waals surface area contributed by atoms with Gasteiger partial charge in [0, 0.05) is 12.1 Å². The molecule has 0 aliphatic heterocycles. The van der Waals surface area contributed by atoms with E-state index in [0.717, 1.165) is 12.8 Å². The number of hydrogen-bond acceptors (Lipinski definition) is 3. The zero-order valence-electron chi connectivity index (χ0n) is 12.2. The first-order chi connectivity index (χ1) is 9.74. The Bertz CT molecular complexity index is 379. The van der Waals surface area contributed by atoms with Crippen LogP contribution in [-0.2, 0) is 0 Å². The molecule has 0 bridgehead atoms. The van der Waals surface area contributed by atoms with Gasteiger partial charge in [0.15, 0.2) is 0 Å². The van der Waals surface area contributed by atoms with Crippen LogP contribution in [0.4, 0.5) is 5.69 Å². The molecule has 0 radical (unpaired) electrons. The van der Waals surface area contributed by atoms with Crippen molar-refractivity contribution in [3.05, 3.63) is 34.4 Å². The molecule has 0 saturated heterocycles. The second-order valence-electron chi connectivity index (χ2n) is 4.88. The Balaban J connectivity index is 2.02. The molecule has 20 heavy (non-hydrogen) atoms. The lowest BCUT2D eigenvalue weighted by Crippen LogP contribution is -2.84.